The van der Waals surface area contributed by atoms with Gasteiger partial charge in [0.2, 0.25) is 17.7 Å². The number of rotatable bonds is 4. The molecule has 2 bridgehead atoms. The summed E-state index contributed by atoms with van der Waals surface area (Å²) in [6.45, 7) is 3.80. The monoisotopic (exact) mass is 352 g/mol. The molecule has 1 heterocycles. The quantitative estimate of drug-likeness (QED) is 0.669. The van der Waals surface area contributed by atoms with E-state index >= 15 is 0 Å². The molecular formula is C21H24N2O3. The minimum Gasteiger partial charge on any atom is -0.324 e. The number of imide groups is 1. The summed E-state index contributed by atoms with van der Waals surface area (Å²) < 4.78 is 0. The average molecular weight is 352 g/mol. The minimum absolute atomic E-state index is 0.142. The van der Waals surface area contributed by atoms with Crippen molar-refractivity contribution in [2.45, 2.75) is 39.2 Å². The Kier molecular flexibility index (Phi) is 4.17. The summed E-state index contributed by atoms with van der Waals surface area (Å²) in [4.78, 5) is 40.2. The van der Waals surface area contributed by atoms with Crippen molar-refractivity contribution < 1.29 is 14.4 Å². The fraction of sp³-hybridized carbons (Fsp3) is 0.476. The summed E-state index contributed by atoms with van der Waals surface area (Å²) in [6, 6.07) is 6.77. The fourth-order valence-electron chi connectivity index (χ4n) is 4.84. The number of nitrogens with zero attached hydrogens (tertiary/aromatic N) is 1. The van der Waals surface area contributed by atoms with E-state index in [9.17, 15) is 14.4 Å². The predicted molar refractivity (Wildman–Crippen MR) is 98.1 cm³/mol. The first kappa shape index (κ1) is 17.0. The van der Waals surface area contributed by atoms with E-state index in [2.05, 4.69) is 17.5 Å². The molecule has 0 radical (unpaired) electrons. The molecule has 1 saturated carbocycles. The molecule has 3 amide bonds. The van der Waals surface area contributed by atoms with Crippen LogP contribution in [0.15, 0.2) is 36.4 Å². The van der Waals surface area contributed by atoms with Crippen molar-refractivity contribution in [1.82, 2.24) is 4.90 Å². The minimum atomic E-state index is -0.750. The maximum atomic E-state index is 13.0. The van der Waals surface area contributed by atoms with Crippen molar-refractivity contribution in [3.05, 3.63) is 42.0 Å². The molecule has 5 unspecified atom stereocenters. The summed E-state index contributed by atoms with van der Waals surface area (Å²) in [5.74, 6) is -0.874. The molecule has 0 spiro atoms. The SMILES string of the molecule is CCC(C(=O)Nc1cccc(C)c1)N1C(=O)C2C3C=CC(CC3)C2C1=O. The van der Waals surface area contributed by atoms with E-state index in [-0.39, 0.29) is 41.4 Å². The van der Waals surface area contributed by atoms with Crippen molar-refractivity contribution in [2.24, 2.45) is 23.7 Å². The number of anilines is 1. The molecule has 0 aromatic heterocycles. The Balaban J connectivity index is 1.58. The lowest BCUT2D eigenvalue weighted by Crippen LogP contribution is -2.47. The van der Waals surface area contributed by atoms with Crippen molar-refractivity contribution >= 4 is 23.4 Å². The number of likely N-dealkylation sites (tertiary alicyclic amines) is 1. The van der Waals surface area contributed by atoms with Gasteiger partial charge < -0.3 is 5.32 Å². The molecule has 5 nitrogen and oxygen atoms in total. The van der Waals surface area contributed by atoms with Gasteiger partial charge in [-0.2, -0.15) is 0 Å². The van der Waals surface area contributed by atoms with Crippen molar-refractivity contribution in [2.75, 3.05) is 5.32 Å². The fourth-order valence-corrected chi connectivity index (χ4v) is 4.84. The maximum Gasteiger partial charge on any atom is 0.247 e. The Morgan fingerprint density at radius 1 is 1.15 bits per heavy atom. The normalized spacial score (nSPS) is 30.5. The number of carbonyl (C=O) groups excluding carboxylic acids is 3. The van der Waals surface area contributed by atoms with Gasteiger partial charge in [-0.25, -0.2) is 0 Å². The molecule has 2 fully saturated rings. The Bertz CT molecular complexity index is 768. The summed E-state index contributed by atoms with van der Waals surface area (Å²) in [5, 5.41) is 2.87. The molecule has 4 aliphatic rings. The van der Waals surface area contributed by atoms with E-state index in [1.54, 1.807) is 0 Å². The highest BCUT2D eigenvalue weighted by Gasteiger charge is 2.58. The zero-order valence-corrected chi connectivity index (χ0v) is 15.1. The average Bonchev–Trinajstić information content (AvgIpc) is 2.91. The number of carbonyl (C=O) groups is 3. The zero-order chi connectivity index (χ0) is 18.4. The van der Waals surface area contributed by atoms with E-state index < -0.39 is 6.04 Å². The third kappa shape index (κ3) is 2.57. The van der Waals surface area contributed by atoms with Crippen LogP contribution in [0, 0.1) is 30.6 Å². The van der Waals surface area contributed by atoms with E-state index in [0.29, 0.717) is 12.1 Å². The lowest BCUT2D eigenvalue weighted by molar-refractivity contribution is -0.146. The number of hydrogen-bond donors (Lipinski definition) is 1. The van der Waals surface area contributed by atoms with E-state index in [1.807, 2.05) is 38.1 Å². The molecule has 3 aliphatic carbocycles. The van der Waals surface area contributed by atoms with Crippen LogP contribution in [0.2, 0.25) is 0 Å². The van der Waals surface area contributed by atoms with Gasteiger partial charge in [0.1, 0.15) is 6.04 Å². The second-order valence-electron chi connectivity index (χ2n) is 7.67. The third-order valence-corrected chi connectivity index (χ3v) is 6.08. The number of benzene rings is 1. The van der Waals surface area contributed by atoms with Gasteiger partial charge in [0.25, 0.3) is 0 Å². The largest absolute Gasteiger partial charge is 0.324 e. The Morgan fingerprint density at radius 2 is 1.77 bits per heavy atom. The number of aryl methyl sites for hydroxylation is 1. The van der Waals surface area contributed by atoms with Gasteiger partial charge in [-0.15, -0.1) is 0 Å². The molecule has 1 aromatic rings. The van der Waals surface area contributed by atoms with Crippen LogP contribution in [-0.4, -0.2) is 28.7 Å². The standard InChI is InChI=1S/C21H24N2O3/c1-3-16(19(24)22-15-6-4-5-12(2)11-15)23-20(25)17-13-7-8-14(10-9-13)18(17)21(23)26/h4-8,11,13-14,16-18H,3,9-10H2,1-2H3,(H,22,24). The van der Waals surface area contributed by atoms with Gasteiger partial charge in [-0.3, -0.25) is 19.3 Å². The molecule has 1 saturated heterocycles. The number of amides is 3. The lowest BCUT2D eigenvalue weighted by atomic mass is 9.63. The second-order valence-corrected chi connectivity index (χ2v) is 7.67. The lowest BCUT2D eigenvalue weighted by Gasteiger charge is -2.38. The van der Waals surface area contributed by atoms with Crippen LogP contribution < -0.4 is 5.32 Å². The molecular weight excluding hydrogens is 328 g/mol. The molecule has 5 rings (SSSR count). The number of fused-ring (bicyclic) bond motifs is 1. The van der Waals surface area contributed by atoms with Crippen molar-refractivity contribution in [1.29, 1.82) is 0 Å². The second kappa shape index (κ2) is 6.38. The van der Waals surface area contributed by atoms with Crippen LogP contribution in [-0.2, 0) is 14.4 Å². The molecule has 136 valence electrons. The third-order valence-electron chi connectivity index (χ3n) is 6.08. The first-order valence-electron chi connectivity index (χ1n) is 9.44. The molecule has 1 aromatic carbocycles. The predicted octanol–water partition coefficient (Wildman–Crippen LogP) is 2.91. The molecule has 26 heavy (non-hydrogen) atoms. The number of nitrogens with one attached hydrogen (secondary N) is 1. The van der Waals surface area contributed by atoms with Gasteiger partial charge in [-0.1, -0.05) is 31.2 Å². The van der Waals surface area contributed by atoms with Gasteiger partial charge in [-0.05, 0) is 55.7 Å². The highest BCUT2D eigenvalue weighted by Crippen LogP contribution is 2.50. The summed E-state index contributed by atoms with van der Waals surface area (Å²) in [7, 11) is 0. The van der Waals surface area contributed by atoms with E-state index in [1.165, 1.54) is 4.90 Å². The Labute approximate surface area is 153 Å². The first-order chi connectivity index (χ1) is 12.5. The topological polar surface area (TPSA) is 66.5 Å². The van der Waals surface area contributed by atoms with E-state index in [0.717, 1.165) is 18.4 Å². The van der Waals surface area contributed by atoms with E-state index in [4.69, 9.17) is 0 Å². The van der Waals surface area contributed by atoms with Crippen LogP contribution in [0.5, 0.6) is 0 Å². The highest BCUT2D eigenvalue weighted by atomic mass is 16.2. The van der Waals surface area contributed by atoms with Crippen LogP contribution in [0.1, 0.15) is 31.7 Å². The molecule has 5 heteroatoms. The van der Waals surface area contributed by atoms with Gasteiger partial charge in [0.05, 0.1) is 11.8 Å². The summed E-state index contributed by atoms with van der Waals surface area (Å²) in [5.41, 5.74) is 1.73. The van der Waals surface area contributed by atoms with Crippen molar-refractivity contribution in [3.8, 4) is 0 Å². The highest BCUT2D eigenvalue weighted by molar-refractivity contribution is 6.10. The number of hydrogen-bond acceptors (Lipinski definition) is 3. The number of allylic oxidation sites excluding steroid dienone is 2. The maximum absolute atomic E-state index is 13.0. The van der Waals surface area contributed by atoms with Crippen molar-refractivity contribution in [3.63, 3.8) is 0 Å². The zero-order valence-electron chi connectivity index (χ0n) is 15.1. The summed E-state index contributed by atoms with van der Waals surface area (Å²) in [6.07, 6.45) is 6.52. The summed E-state index contributed by atoms with van der Waals surface area (Å²) >= 11 is 0. The van der Waals surface area contributed by atoms with Crippen LogP contribution >= 0.6 is 0 Å². The first-order valence-corrected chi connectivity index (χ1v) is 9.44. The molecule has 1 aliphatic heterocycles. The van der Waals surface area contributed by atoms with Crippen LogP contribution in [0.3, 0.4) is 0 Å². The van der Waals surface area contributed by atoms with Gasteiger partial charge in [0.15, 0.2) is 0 Å². The molecule has 1 N–H and O–H groups in total. The Hall–Kier alpha value is -2.43. The van der Waals surface area contributed by atoms with Gasteiger partial charge in [0, 0.05) is 5.69 Å². The van der Waals surface area contributed by atoms with Crippen LogP contribution in [0.25, 0.3) is 0 Å². The van der Waals surface area contributed by atoms with Gasteiger partial charge >= 0.3 is 0 Å². The Morgan fingerprint density at radius 3 is 2.27 bits per heavy atom. The van der Waals surface area contributed by atoms with Crippen LogP contribution in [0.4, 0.5) is 5.69 Å². The smallest absolute Gasteiger partial charge is 0.247 e. The molecule has 5 atom stereocenters.